The molecule has 3 aromatic rings. The molecule has 0 spiro atoms. The highest BCUT2D eigenvalue weighted by atomic mass is 32.1. The third-order valence-corrected chi connectivity index (χ3v) is 6.92. The van der Waals surface area contributed by atoms with E-state index in [0.29, 0.717) is 0 Å². The summed E-state index contributed by atoms with van der Waals surface area (Å²) < 4.78 is 1.49. The van der Waals surface area contributed by atoms with Gasteiger partial charge in [0.05, 0.1) is 11.7 Å². The van der Waals surface area contributed by atoms with Crippen LogP contribution in [0.4, 0.5) is 5.69 Å². The first kappa shape index (κ1) is 16.7. The molecular formula is C21H21N3O2S. The van der Waals surface area contributed by atoms with Gasteiger partial charge < -0.3 is 4.90 Å². The first-order valence-corrected chi connectivity index (χ1v) is 10.3. The van der Waals surface area contributed by atoms with Crippen LogP contribution in [-0.4, -0.2) is 21.5 Å². The van der Waals surface area contributed by atoms with Crippen molar-refractivity contribution in [2.75, 3.05) is 4.90 Å². The Kier molecular flexibility index (Phi) is 3.90. The van der Waals surface area contributed by atoms with Crippen molar-refractivity contribution in [3.8, 4) is 0 Å². The zero-order valence-corrected chi connectivity index (χ0v) is 16.1. The number of para-hydroxylation sites is 1. The summed E-state index contributed by atoms with van der Waals surface area (Å²) in [4.78, 5) is 34.6. The highest BCUT2D eigenvalue weighted by Gasteiger charge is 2.31. The third kappa shape index (κ3) is 2.62. The number of amides is 1. The van der Waals surface area contributed by atoms with Gasteiger partial charge in [0.2, 0.25) is 5.91 Å². The van der Waals surface area contributed by atoms with Crippen molar-refractivity contribution >= 4 is 33.1 Å². The quantitative estimate of drug-likeness (QED) is 0.686. The van der Waals surface area contributed by atoms with E-state index >= 15 is 0 Å². The molecule has 2 aliphatic rings. The van der Waals surface area contributed by atoms with Crippen LogP contribution in [0.5, 0.6) is 0 Å². The highest BCUT2D eigenvalue weighted by Crippen LogP contribution is 2.34. The fraction of sp³-hybridized carbons (Fsp3) is 0.381. The van der Waals surface area contributed by atoms with Crippen molar-refractivity contribution in [2.24, 2.45) is 0 Å². The Balaban J connectivity index is 1.51. The van der Waals surface area contributed by atoms with Crippen LogP contribution in [-0.2, 0) is 30.6 Å². The Morgan fingerprint density at radius 1 is 1.26 bits per heavy atom. The summed E-state index contributed by atoms with van der Waals surface area (Å²) in [5.41, 5.74) is 3.24. The zero-order valence-electron chi connectivity index (χ0n) is 15.3. The number of anilines is 1. The molecule has 5 nitrogen and oxygen atoms in total. The summed E-state index contributed by atoms with van der Waals surface area (Å²) in [7, 11) is 0. The van der Waals surface area contributed by atoms with Crippen molar-refractivity contribution in [3.63, 3.8) is 0 Å². The number of nitrogens with zero attached hydrogens (tertiary/aromatic N) is 3. The molecule has 1 amide bonds. The first-order valence-electron chi connectivity index (χ1n) is 9.53. The molecule has 1 atom stereocenters. The van der Waals surface area contributed by atoms with E-state index in [1.54, 1.807) is 11.3 Å². The molecule has 1 aromatic carbocycles. The molecule has 138 valence electrons. The van der Waals surface area contributed by atoms with Gasteiger partial charge in [-0.3, -0.25) is 14.2 Å². The fourth-order valence-electron chi connectivity index (χ4n) is 4.46. The monoisotopic (exact) mass is 379 g/mol. The lowest BCUT2D eigenvalue weighted by Crippen LogP contribution is -2.40. The maximum atomic E-state index is 13.1. The van der Waals surface area contributed by atoms with Crippen LogP contribution in [0.1, 0.15) is 35.8 Å². The summed E-state index contributed by atoms with van der Waals surface area (Å²) in [5.74, 6) is -0.0557. The number of aromatic nitrogens is 2. The van der Waals surface area contributed by atoms with Crippen LogP contribution in [0.15, 0.2) is 35.4 Å². The Hall–Kier alpha value is -2.47. The van der Waals surface area contributed by atoms with E-state index in [1.807, 2.05) is 23.1 Å². The molecule has 0 saturated carbocycles. The van der Waals surface area contributed by atoms with Gasteiger partial charge in [-0.15, -0.1) is 11.3 Å². The van der Waals surface area contributed by atoms with Gasteiger partial charge >= 0.3 is 0 Å². The maximum absolute atomic E-state index is 13.1. The largest absolute Gasteiger partial charge is 0.307 e. The van der Waals surface area contributed by atoms with Crippen LogP contribution in [0.2, 0.25) is 0 Å². The Morgan fingerprint density at radius 3 is 2.96 bits per heavy atom. The van der Waals surface area contributed by atoms with Gasteiger partial charge in [-0.05, 0) is 56.2 Å². The minimum absolute atomic E-state index is 0.0328. The fourth-order valence-corrected chi connectivity index (χ4v) is 5.68. The van der Waals surface area contributed by atoms with Crippen LogP contribution in [0.25, 0.3) is 10.2 Å². The topological polar surface area (TPSA) is 55.2 Å². The number of fused-ring (bicyclic) bond motifs is 4. The van der Waals surface area contributed by atoms with Crippen LogP contribution in [0.3, 0.4) is 0 Å². The number of hydrogen-bond donors (Lipinski definition) is 0. The van der Waals surface area contributed by atoms with E-state index in [1.165, 1.54) is 33.3 Å². The lowest BCUT2D eigenvalue weighted by atomic mass is 9.97. The van der Waals surface area contributed by atoms with E-state index in [4.69, 9.17) is 0 Å². The summed E-state index contributed by atoms with van der Waals surface area (Å²) in [6.45, 7) is 2.09. The van der Waals surface area contributed by atoms with E-state index in [2.05, 4.69) is 18.0 Å². The smallest absolute Gasteiger partial charge is 0.262 e. The predicted octanol–water partition coefficient (Wildman–Crippen LogP) is 3.31. The lowest BCUT2D eigenvalue weighted by molar-refractivity contribution is -0.119. The standard InChI is InChI=1S/C21H21N3O2S/c1-13-10-14-6-2-4-8-16(14)24(13)18(25)11-23-12-22-20-19(21(23)26)15-7-3-5-9-17(15)27-20/h2,4,6,8,12-13H,3,5,7,9-11H2,1H3/t13-/m1/s1. The van der Waals surface area contributed by atoms with Crippen LogP contribution < -0.4 is 10.5 Å². The second-order valence-electron chi connectivity index (χ2n) is 7.51. The lowest BCUT2D eigenvalue weighted by Gasteiger charge is -2.23. The summed E-state index contributed by atoms with van der Waals surface area (Å²) in [5, 5.41) is 0.736. The van der Waals surface area contributed by atoms with Crippen LogP contribution in [0, 0.1) is 0 Å². The molecule has 6 heteroatoms. The first-order chi connectivity index (χ1) is 13.1. The average Bonchev–Trinajstić information content (AvgIpc) is 3.21. The number of thiophene rings is 1. The summed E-state index contributed by atoms with van der Waals surface area (Å²) >= 11 is 1.64. The number of carbonyl (C=O) groups excluding carboxylic acids is 1. The number of carbonyl (C=O) groups is 1. The van der Waals surface area contributed by atoms with Crippen molar-refractivity contribution in [1.29, 1.82) is 0 Å². The molecule has 1 aliphatic heterocycles. The highest BCUT2D eigenvalue weighted by molar-refractivity contribution is 7.18. The zero-order chi connectivity index (χ0) is 18.5. The molecular weight excluding hydrogens is 358 g/mol. The molecule has 1 aliphatic carbocycles. The van der Waals surface area contributed by atoms with Crippen molar-refractivity contribution < 1.29 is 4.79 Å². The van der Waals surface area contributed by atoms with E-state index in [0.717, 1.165) is 41.6 Å². The minimum atomic E-state index is -0.0760. The van der Waals surface area contributed by atoms with E-state index in [-0.39, 0.29) is 24.1 Å². The SMILES string of the molecule is C[C@@H]1Cc2ccccc2N1C(=O)Cn1cnc2sc3c(c2c1=O)CCCC3. The molecule has 0 fully saturated rings. The van der Waals surface area contributed by atoms with Crippen molar-refractivity contribution in [3.05, 3.63) is 57.0 Å². The molecule has 2 aromatic heterocycles. The second-order valence-corrected chi connectivity index (χ2v) is 8.60. The minimum Gasteiger partial charge on any atom is -0.307 e. The van der Waals surface area contributed by atoms with Crippen LogP contribution >= 0.6 is 11.3 Å². The van der Waals surface area contributed by atoms with Crippen molar-refractivity contribution in [2.45, 2.75) is 51.6 Å². The normalized spacial score (nSPS) is 18.6. The van der Waals surface area contributed by atoms with Gasteiger partial charge in [0.1, 0.15) is 11.4 Å². The number of benzene rings is 1. The summed E-state index contributed by atoms with van der Waals surface area (Å²) in [6.07, 6.45) is 6.67. The van der Waals surface area contributed by atoms with Gasteiger partial charge in [0, 0.05) is 16.6 Å². The van der Waals surface area contributed by atoms with Gasteiger partial charge in [-0.2, -0.15) is 0 Å². The molecule has 0 radical (unpaired) electrons. The summed E-state index contributed by atoms with van der Waals surface area (Å²) in [6, 6.07) is 8.11. The molecule has 0 unspecified atom stereocenters. The van der Waals surface area contributed by atoms with E-state index in [9.17, 15) is 9.59 Å². The van der Waals surface area contributed by atoms with Gasteiger partial charge in [0.25, 0.3) is 5.56 Å². The van der Waals surface area contributed by atoms with Crippen molar-refractivity contribution in [1.82, 2.24) is 9.55 Å². The van der Waals surface area contributed by atoms with Gasteiger partial charge in [-0.25, -0.2) is 4.98 Å². The Labute approximate surface area is 161 Å². The Bertz CT molecular complexity index is 1110. The third-order valence-electron chi connectivity index (χ3n) is 5.72. The predicted molar refractivity (Wildman–Crippen MR) is 108 cm³/mol. The van der Waals surface area contributed by atoms with Gasteiger partial charge in [0.15, 0.2) is 0 Å². The molecule has 0 saturated heterocycles. The molecule has 3 heterocycles. The number of aryl methyl sites for hydroxylation is 2. The van der Waals surface area contributed by atoms with E-state index < -0.39 is 0 Å². The molecule has 27 heavy (non-hydrogen) atoms. The average molecular weight is 379 g/mol. The number of hydrogen-bond acceptors (Lipinski definition) is 4. The molecule has 5 rings (SSSR count). The van der Waals surface area contributed by atoms with Gasteiger partial charge in [-0.1, -0.05) is 18.2 Å². The second kappa shape index (κ2) is 6.30. The maximum Gasteiger partial charge on any atom is 0.262 e. The molecule has 0 bridgehead atoms. The molecule has 0 N–H and O–H groups in total. The number of rotatable bonds is 2. The Morgan fingerprint density at radius 2 is 2.07 bits per heavy atom.